The molecule has 0 unspecified atom stereocenters. The van der Waals surface area contributed by atoms with Gasteiger partial charge in [-0.1, -0.05) is 30.3 Å². The zero-order valence-corrected chi connectivity index (χ0v) is 9.16. The predicted octanol–water partition coefficient (Wildman–Crippen LogP) is 3.09. The molecule has 0 radical (unpaired) electrons. The summed E-state index contributed by atoms with van der Waals surface area (Å²) in [6, 6.07) is 9.29. The van der Waals surface area contributed by atoms with Gasteiger partial charge in [0.15, 0.2) is 5.78 Å². The first-order valence-corrected chi connectivity index (χ1v) is 5.41. The molecule has 0 bridgehead atoms. The van der Waals surface area contributed by atoms with Crippen molar-refractivity contribution in [2.24, 2.45) is 0 Å². The van der Waals surface area contributed by atoms with Crippen LogP contribution >= 0.6 is 0 Å². The lowest BCUT2D eigenvalue weighted by atomic mass is 10.0. The third kappa shape index (κ3) is 2.90. The maximum atomic E-state index is 12.2. The molecule has 0 atom stereocenters. The monoisotopic (exact) mass is 238 g/mol. The lowest BCUT2D eigenvalue weighted by molar-refractivity contribution is -0.115. The molecule has 2 nitrogen and oxygen atoms in total. The fraction of sp³-hybridized carbons (Fsp3) is 0.308. The molecule has 0 spiro atoms. The van der Waals surface area contributed by atoms with E-state index in [0.717, 1.165) is 5.56 Å². The van der Waals surface area contributed by atoms with Crippen molar-refractivity contribution in [3.63, 3.8) is 0 Å². The van der Waals surface area contributed by atoms with Gasteiger partial charge in [-0.25, -0.2) is 0 Å². The van der Waals surface area contributed by atoms with Gasteiger partial charge in [0.2, 0.25) is 0 Å². The number of ketones is 1. The van der Waals surface area contributed by atoms with Crippen LogP contribution < -0.4 is 0 Å². The van der Waals surface area contributed by atoms with Gasteiger partial charge >= 0.3 is 6.61 Å². The summed E-state index contributed by atoms with van der Waals surface area (Å²) in [7, 11) is 0. The van der Waals surface area contributed by atoms with Crippen LogP contribution in [-0.4, -0.2) is 12.4 Å². The van der Waals surface area contributed by atoms with Crippen LogP contribution in [0.2, 0.25) is 0 Å². The minimum atomic E-state index is -2.86. The van der Waals surface area contributed by atoms with E-state index in [-0.39, 0.29) is 24.4 Å². The van der Waals surface area contributed by atoms with Crippen LogP contribution in [0.25, 0.3) is 0 Å². The maximum absolute atomic E-state index is 12.2. The van der Waals surface area contributed by atoms with Crippen molar-refractivity contribution in [1.29, 1.82) is 0 Å². The highest BCUT2D eigenvalue weighted by atomic mass is 19.3. The van der Waals surface area contributed by atoms with Gasteiger partial charge in [0, 0.05) is 24.8 Å². The van der Waals surface area contributed by atoms with E-state index in [1.807, 2.05) is 30.3 Å². The summed E-state index contributed by atoms with van der Waals surface area (Å²) >= 11 is 0. The average Bonchev–Trinajstić information content (AvgIpc) is 2.62. The van der Waals surface area contributed by atoms with E-state index in [4.69, 9.17) is 0 Å². The van der Waals surface area contributed by atoms with Gasteiger partial charge in [0.1, 0.15) is 5.76 Å². The zero-order chi connectivity index (χ0) is 12.3. The summed E-state index contributed by atoms with van der Waals surface area (Å²) in [5, 5.41) is 0. The SMILES string of the molecule is O=C1CCC(OC(F)F)=C1Cc1ccccc1. The molecule has 0 fully saturated rings. The summed E-state index contributed by atoms with van der Waals surface area (Å²) in [4.78, 5) is 11.6. The normalized spacial score (nSPS) is 15.8. The number of carbonyl (C=O) groups excluding carboxylic acids is 1. The Bertz CT molecular complexity index is 438. The number of ether oxygens (including phenoxy) is 1. The van der Waals surface area contributed by atoms with Gasteiger partial charge in [-0.3, -0.25) is 4.79 Å². The minimum absolute atomic E-state index is 0.0931. The predicted molar refractivity (Wildman–Crippen MR) is 58.5 cm³/mol. The number of Topliss-reactive ketones (excluding diaryl/α,β-unsaturated/α-hetero) is 1. The molecule has 0 amide bonds. The van der Waals surface area contributed by atoms with E-state index in [9.17, 15) is 13.6 Å². The number of carbonyl (C=O) groups is 1. The molecular weight excluding hydrogens is 226 g/mol. The van der Waals surface area contributed by atoms with Crippen molar-refractivity contribution in [2.75, 3.05) is 0 Å². The molecule has 90 valence electrons. The van der Waals surface area contributed by atoms with Gasteiger partial charge < -0.3 is 4.74 Å². The van der Waals surface area contributed by atoms with Crippen molar-refractivity contribution >= 4 is 5.78 Å². The molecule has 0 saturated carbocycles. The fourth-order valence-electron chi connectivity index (χ4n) is 1.92. The highest BCUT2D eigenvalue weighted by Gasteiger charge is 2.26. The molecule has 1 aromatic carbocycles. The van der Waals surface area contributed by atoms with E-state index >= 15 is 0 Å². The highest BCUT2D eigenvalue weighted by molar-refractivity contribution is 5.98. The van der Waals surface area contributed by atoms with Crippen LogP contribution in [0.4, 0.5) is 8.78 Å². The Balaban J connectivity index is 2.18. The van der Waals surface area contributed by atoms with Crippen molar-refractivity contribution in [3.8, 4) is 0 Å². The first-order chi connectivity index (χ1) is 8.16. The summed E-state index contributed by atoms with van der Waals surface area (Å²) in [6.45, 7) is -2.86. The van der Waals surface area contributed by atoms with Crippen LogP contribution in [0.1, 0.15) is 18.4 Å². The van der Waals surface area contributed by atoms with Gasteiger partial charge in [-0.15, -0.1) is 0 Å². The van der Waals surface area contributed by atoms with Crippen LogP contribution in [0.3, 0.4) is 0 Å². The molecule has 0 aliphatic heterocycles. The third-order valence-corrected chi connectivity index (χ3v) is 2.71. The first-order valence-electron chi connectivity index (χ1n) is 5.41. The zero-order valence-electron chi connectivity index (χ0n) is 9.16. The van der Waals surface area contributed by atoms with Crippen LogP contribution in [-0.2, 0) is 16.0 Å². The van der Waals surface area contributed by atoms with Crippen molar-refractivity contribution < 1.29 is 18.3 Å². The second-order valence-corrected chi connectivity index (χ2v) is 3.87. The number of allylic oxidation sites excluding steroid dienone is 2. The lowest BCUT2D eigenvalue weighted by Gasteiger charge is -2.08. The fourth-order valence-corrected chi connectivity index (χ4v) is 1.92. The molecule has 1 aliphatic carbocycles. The summed E-state index contributed by atoms with van der Waals surface area (Å²) in [5.41, 5.74) is 1.31. The number of halogens is 2. The lowest BCUT2D eigenvalue weighted by Crippen LogP contribution is -2.04. The summed E-state index contributed by atoms with van der Waals surface area (Å²) in [5.74, 6) is 0.0540. The molecule has 0 saturated heterocycles. The molecule has 2 rings (SSSR count). The van der Waals surface area contributed by atoms with Gasteiger partial charge in [-0.05, 0) is 5.56 Å². The molecular formula is C13H12F2O2. The number of rotatable bonds is 4. The summed E-state index contributed by atoms with van der Waals surface area (Å²) < 4.78 is 28.7. The Kier molecular flexibility index (Phi) is 3.52. The third-order valence-electron chi connectivity index (χ3n) is 2.71. The second-order valence-electron chi connectivity index (χ2n) is 3.87. The van der Waals surface area contributed by atoms with Gasteiger partial charge in [0.25, 0.3) is 0 Å². The quantitative estimate of drug-likeness (QED) is 0.805. The largest absolute Gasteiger partial charge is 0.439 e. The van der Waals surface area contributed by atoms with Crippen LogP contribution in [0.15, 0.2) is 41.7 Å². The van der Waals surface area contributed by atoms with E-state index in [0.29, 0.717) is 12.0 Å². The molecule has 17 heavy (non-hydrogen) atoms. The standard InChI is InChI=1S/C13H12F2O2/c14-13(15)17-12-7-6-11(16)10(12)8-9-4-2-1-3-5-9/h1-5,13H,6-8H2. The number of alkyl halides is 2. The van der Waals surface area contributed by atoms with Crippen molar-refractivity contribution in [2.45, 2.75) is 25.9 Å². The molecule has 1 aromatic rings. The van der Waals surface area contributed by atoms with Crippen LogP contribution in [0.5, 0.6) is 0 Å². The topological polar surface area (TPSA) is 26.3 Å². The Labute approximate surface area is 97.9 Å². The van der Waals surface area contributed by atoms with E-state index < -0.39 is 6.61 Å². The first kappa shape index (κ1) is 11.8. The van der Waals surface area contributed by atoms with Crippen molar-refractivity contribution in [1.82, 2.24) is 0 Å². The number of hydrogen-bond acceptors (Lipinski definition) is 2. The van der Waals surface area contributed by atoms with Gasteiger partial charge in [-0.2, -0.15) is 8.78 Å². The Hall–Kier alpha value is -1.71. The smallest absolute Gasteiger partial charge is 0.387 e. The molecule has 0 aromatic heterocycles. The molecule has 4 heteroatoms. The molecule has 1 aliphatic rings. The maximum Gasteiger partial charge on any atom is 0.387 e. The Morgan fingerprint density at radius 2 is 1.88 bits per heavy atom. The van der Waals surface area contributed by atoms with E-state index in [2.05, 4.69) is 4.74 Å². The van der Waals surface area contributed by atoms with Crippen LogP contribution in [0, 0.1) is 0 Å². The Morgan fingerprint density at radius 1 is 1.18 bits per heavy atom. The number of hydrogen-bond donors (Lipinski definition) is 0. The Morgan fingerprint density at radius 3 is 2.53 bits per heavy atom. The van der Waals surface area contributed by atoms with E-state index in [1.165, 1.54) is 0 Å². The van der Waals surface area contributed by atoms with Gasteiger partial charge in [0.05, 0.1) is 0 Å². The van der Waals surface area contributed by atoms with E-state index in [1.54, 1.807) is 0 Å². The number of benzene rings is 1. The molecule has 0 N–H and O–H groups in total. The molecule has 0 heterocycles. The average molecular weight is 238 g/mol. The highest BCUT2D eigenvalue weighted by Crippen LogP contribution is 2.28. The summed E-state index contributed by atoms with van der Waals surface area (Å²) in [6.07, 6.45) is 0.914. The van der Waals surface area contributed by atoms with Crippen molar-refractivity contribution in [3.05, 3.63) is 47.2 Å². The second kappa shape index (κ2) is 5.08. The minimum Gasteiger partial charge on any atom is -0.439 e.